The Morgan fingerprint density at radius 2 is 1.75 bits per heavy atom. The van der Waals surface area contributed by atoms with Gasteiger partial charge in [-0.1, -0.05) is 0 Å². The van der Waals surface area contributed by atoms with E-state index in [0.29, 0.717) is 26.3 Å². The molecule has 0 bridgehead atoms. The molecule has 2 fully saturated rings. The van der Waals surface area contributed by atoms with Crippen molar-refractivity contribution in [3.05, 3.63) is 0 Å². The second-order valence-electron chi connectivity index (χ2n) is 4.07. The van der Waals surface area contributed by atoms with Crippen molar-refractivity contribution in [2.24, 2.45) is 0 Å². The first-order chi connectivity index (χ1) is 9.30. The first-order valence-electron chi connectivity index (χ1n) is 5.85. The lowest BCUT2D eigenvalue weighted by molar-refractivity contribution is -0.192. The van der Waals surface area contributed by atoms with Crippen LogP contribution in [0.2, 0.25) is 0 Å². The van der Waals surface area contributed by atoms with E-state index in [0.717, 1.165) is 13.1 Å². The lowest BCUT2D eigenvalue weighted by atomic mass is 10.2. The van der Waals surface area contributed by atoms with Crippen molar-refractivity contribution < 1.29 is 37.3 Å². The Labute approximate surface area is 112 Å². The third-order valence-electron chi connectivity index (χ3n) is 2.52. The monoisotopic (exact) mass is 300 g/mol. The second-order valence-corrected chi connectivity index (χ2v) is 4.07. The van der Waals surface area contributed by atoms with Crippen LogP contribution in [-0.4, -0.2) is 73.7 Å². The van der Waals surface area contributed by atoms with Gasteiger partial charge in [-0.15, -0.1) is 0 Å². The van der Waals surface area contributed by atoms with E-state index >= 15 is 0 Å². The maximum atomic E-state index is 11.4. The van der Waals surface area contributed by atoms with Crippen LogP contribution in [0.4, 0.5) is 18.0 Å². The number of amides is 1. The van der Waals surface area contributed by atoms with E-state index in [1.54, 1.807) is 4.90 Å². The highest BCUT2D eigenvalue weighted by molar-refractivity contribution is 5.73. The summed E-state index contributed by atoms with van der Waals surface area (Å²) in [6, 6.07) is 0. The SMILES string of the molecule is O=C(O)C(F)(F)F.O=C(OC1CNC1)N1CCOCC1. The van der Waals surface area contributed by atoms with Crippen LogP contribution < -0.4 is 5.32 Å². The van der Waals surface area contributed by atoms with Crippen molar-refractivity contribution in [1.82, 2.24) is 10.2 Å². The third-order valence-corrected chi connectivity index (χ3v) is 2.52. The van der Waals surface area contributed by atoms with Crippen molar-refractivity contribution in [2.75, 3.05) is 39.4 Å². The Hall–Kier alpha value is -1.55. The lowest BCUT2D eigenvalue weighted by Crippen LogP contribution is -2.52. The number of aliphatic carboxylic acids is 1. The molecule has 2 aliphatic heterocycles. The summed E-state index contributed by atoms with van der Waals surface area (Å²) < 4.78 is 42.1. The van der Waals surface area contributed by atoms with E-state index in [-0.39, 0.29) is 12.2 Å². The molecule has 2 saturated heterocycles. The van der Waals surface area contributed by atoms with E-state index in [9.17, 15) is 18.0 Å². The summed E-state index contributed by atoms with van der Waals surface area (Å²) in [5.74, 6) is -2.76. The number of carbonyl (C=O) groups is 2. The first kappa shape index (κ1) is 16.5. The molecule has 0 spiro atoms. The Morgan fingerprint density at radius 3 is 2.10 bits per heavy atom. The van der Waals surface area contributed by atoms with Gasteiger partial charge in [0.2, 0.25) is 0 Å². The summed E-state index contributed by atoms with van der Waals surface area (Å²) in [6.07, 6.45) is -5.20. The lowest BCUT2D eigenvalue weighted by Gasteiger charge is -2.31. The van der Waals surface area contributed by atoms with Crippen molar-refractivity contribution in [2.45, 2.75) is 12.3 Å². The molecule has 116 valence electrons. The van der Waals surface area contributed by atoms with Gasteiger partial charge in [0.25, 0.3) is 0 Å². The summed E-state index contributed by atoms with van der Waals surface area (Å²) in [5.41, 5.74) is 0. The standard InChI is InChI=1S/C8H14N2O3.C2HF3O2/c11-8(13-7-5-9-6-7)10-1-3-12-4-2-10;3-2(4,5)1(6)7/h7,9H,1-6H2;(H,6,7). The molecule has 0 aromatic carbocycles. The zero-order chi connectivity index (χ0) is 15.2. The van der Waals surface area contributed by atoms with Crippen molar-refractivity contribution >= 4 is 12.1 Å². The average Bonchev–Trinajstić information content (AvgIpc) is 2.34. The topological polar surface area (TPSA) is 88.1 Å². The maximum Gasteiger partial charge on any atom is 0.490 e. The number of nitrogens with zero attached hydrogens (tertiary/aromatic N) is 1. The molecule has 0 saturated carbocycles. The van der Waals surface area contributed by atoms with Gasteiger partial charge in [-0.2, -0.15) is 13.2 Å². The highest BCUT2D eigenvalue weighted by Crippen LogP contribution is 2.13. The van der Waals surface area contributed by atoms with Gasteiger partial charge in [0.05, 0.1) is 13.2 Å². The Balaban J connectivity index is 0.000000246. The smallest absolute Gasteiger partial charge is 0.475 e. The molecule has 2 rings (SSSR count). The number of hydrogen-bond donors (Lipinski definition) is 2. The maximum absolute atomic E-state index is 11.4. The molecular weight excluding hydrogens is 285 g/mol. The van der Waals surface area contributed by atoms with Gasteiger partial charge in [0, 0.05) is 26.2 Å². The van der Waals surface area contributed by atoms with Gasteiger partial charge in [0.1, 0.15) is 6.10 Å². The van der Waals surface area contributed by atoms with Crippen LogP contribution >= 0.6 is 0 Å². The molecule has 0 atom stereocenters. The van der Waals surface area contributed by atoms with E-state index in [4.69, 9.17) is 19.4 Å². The summed E-state index contributed by atoms with van der Waals surface area (Å²) >= 11 is 0. The molecule has 0 radical (unpaired) electrons. The Bertz CT molecular complexity index is 340. The number of carbonyl (C=O) groups excluding carboxylic acids is 1. The fourth-order valence-corrected chi connectivity index (χ4v) is 1.31. The zero-order valence-corrected chi connectivity index (χ0v) is 10.5. The number of hydrogen-bond acceptors (Lipinski definition) is 5. The van der Waals surface area contributed by atoms with Gasteiger partial charge >= 0.3 is 18.2 Å². The van der Waals surface area contributed by atoms with Crippen molar-refractivity contribution in [1.29, 1.82) is 0 Å². The highest BCUT2D eigenvalue weighted by Gasteiger charge is 2.38. The van der Waals surface area contributed by atoms with Crippen LogP contribution in [0.15, 0.2) is 0 Å². The number of carboxylic acids is 1. The van der Waals surface area contributed by atoms with Crippen LogP contribution in [0.3, 0.4) is 0 Å². The number of ether oxygens (including phenoxy) is 2. The number of nitrogens with one attached hydrogen (secondary N) is 1. The quantitative estimate of drug-likeness (QED) is 0.712. The van der Waals surface area contributed by atoms with Gasteiger partial charge in [-0.05, 0) is 0 Å². The fourth-order valence-electron chi connectivity index (χ4n) is 1.31. The molecule has 10 heteroatoms. The van der Waals surface area contributed by atoms with E-state index in [2.05, 4.69) is 5.32 Å². The average molecular weight is 300 g/mol. The molecular formula is C10H15F3N2O5. The minimum Gasteiger partial charge on any atom is -0.475 e. The fraction of sp³-hybridized carbons (Fsp3) is 0.800. The third kappa shape index (κ3) is 5.61. The Morgan fingerprint density at radius 1 is 1.25 bits per heavy atom. The molecule has 0 aromatic heterocycles. The number of rotatable bonds is 1. The van der Waals surface area contributed by atoms with Crippen LogP contribution in [0.1, 0.15) is 0 Å². The number of morpholine rings is 1. The Kier molecular flexibility index (Phi) is 6.02. The summed E-state index contributed by atoms with van der Waals surface area (Å²) in [5, 5.41) is 10.2. The summed E-state index contributed by atoms with van der Waals surface area (Å²) in [7, 11) is 0. The first-order valence-corrected chi connectivity index (χ1v) is 5.85. The van der Waals surface area contributed by atoms with Gasteiger partial charge < -0.3 is 24.8 Å². The van der Waals surface area contributed by atoms with Crippen molar-refractivity contribution in [3.63, 3.8) is 0 Å². The summed E-state index contributed by atoms with van der Waals surface area (Å²) in [6.45, 7) is 4.13. The molecule has 0 unspecified atom stereocenters. The number of carboxylic acid groups (broad SMARTS) is 1. The molecule has 20 heavy (non-hydrogen) atoms. The van der Waals surface area contributed by atoms with E-state index in [1.807, 2.05) is 0 Å². The zero-order valence-electron chi connectivity index (χ0n) is 10.5. The number of alkyl halides is 3. The van der Waals surface area contributed by atoms with E-state index in [1.165, 1.54) is 0 Å². The number of halogens is 3. The van der Waals surface area contributed by atoms with Gasteiger partial charge in [0.15, 0.2) is 0 Å². The highest BCUT2D eigenvalue weighted by atomic mass is 19.4. The van der Waals surface area contributed by atoms with Crippen LogP contribution in [0.5, 0.6) is 0 Å². The molecule has 7 nitrogen and oxygen atoms in total. The molecule has 0 aliphatic carbocycles. The minimum atomic E-state index is -5.08. The summed E-state index contributed by atoms with van der Waals surface area (Å²) in [4.78, 5) is 22.0. The molecule has 2 N–H and O–H groups in total. The predicted molar refractivity (Wildman–Crippen MR) is 59.2 cm³/mol. The largest absolute Gasteiger partial charge is 0.490 e. The molecule has 0 aromatic rings. The van der Waals surface area contributed by atoms with Gasteiger partial charge in [-0.3, -0.25) is 0 Å². The van der Waals surface area contributed by atoms with Crippen LogP contribution in [0.25, 0.3) is 0 Å². The van der Waals surface area contributed by atoms with Crippen LogP contribution in [-0.2, 0) is 14.3 Å². The van der Waals surface area contributed by atoms with Crippen molar-refractivity contribution in [3.8, 4) is 0 Å². The minimum absolute atomic E-state index is 0.0790. The molecule has 1 amide bonds. The van der Waals surface area contributed by atoms with Gasteiger partial charge in [-0.25, -0.2) is 9.59 Å². The molecule has 2 aliphatic rings. The van der Waals surface area contributed by atoms with Crippen LogP contribution in [0, 0.1) is 0 Å². The normalized spacial score (nSPS) is 19.4. The molecule has 2 heterocycles. The predicted octanol–water partition coefficient (Wildman–Crippen LogP) is 0.0603. The second kappa shape index (κ2) is 7.29. The van der Waals surface area contributed by atoms with E-state index < -0.39 is 12.1 Å².